The quantitative estimate of drug-likeness (QED) is 0.419. The molecule has 6 aromatic rings. The monoisotopic (exact) mass is 423 g/mol. The Labute approximate surface area is 182 Å². The van der Waals surface area contributed by atoms with Crippen molar-refractivity contribution in [3.63, 3.8) is 0 Å². The molecule has 0 fully saturated rings. The average Bonchev–Trinajstić information content (AvgIpc) is 3.50. The number of aryl methyl sites for hydroxylation is 1. The number of benzene rings is 1. The molecule has 0 aliphatic carbocycles. The maximum atomic E-state index is 13.4. The highest BCUT2D eigenvalue weighted by Gasteiger charge is 2.16. The lowest BCUT2D eigenvalue weighted by Gasteiger charge is -2.04. The Balaban J connectivity index is 1.51. The van der Waals surface area contributed by atoms with Crippen LogP contribution in [0.3, 0.4) is 0 Å². The van der Waals surface area contributed by atoms with E-state index in [1.807, 2.05) is 43.1 Å². The van der Waals surface area contributed by atoms with Crippen molar-refractivity contribution in [3.05, 3.63) is 72.7 Å². The number of imidazole rings is 1. The molecule has 0 radical (unpaired) electrons. The van der Waals surface area contributed by atoms with Gasteiger partial charge in [0.1, 0.15) is 17.3 Å². The molecule has 6 rings (SSSR count). The van der Waals surface area contributed by atoms with Gasteiger partial charge < -0.3 is 9.55 Å². The minimum Gasteiger partial charge on any atom is -0.353 e. The van der Waals surface area contributed by atoms with Crippen molar-refractivity contribution in [2.45, 2.75) is 6.92 Å². The molecule has 0 atom stereocenters. The number of nitrogens with one attached hydrogen (secondary N) is 2. The average molecular weight is 423 g/mol. The topological polar surface area (TPSA) is 88.1 Å². The van der Waals surface area contributed by atoms with Crippen molar-refractivity contribution in [1.82, 2.24) is 34.7 Å². The number of aromatic amines is 2. The van der Waals surface area contributed by atoms with Crippen LogP contribution in [0.15, 0.2) is 61.1 Å². The number of nitrogens with zero attached hydrogens (tertiary/aromatic N) is 5. The summed E-state index contributed by atoms with van der Waals surface area (Å²) in [6, 6.07) is 12.4. The fourth-order valence-corrected chi connectivity index (χ4v) is 4.04. The summed E-state index contributed by atoms with van der Waals surface area (Å²) in [6.07, 6.45) is 5.42. The van der Waals surface area contributed by atoms with Crippen LogP contribution in [0.2, 0.25) is 0 Å². The van der Waals surface area contributed by atoms with Crippen molar-refractivity contribution in [3.8, 4) is 33.9 Å². The predicted molar refractivity (Wildman–Crippen MR) is 121 cm³/mol. The van der Waals surface area contributed by atoms with E-state index in [9.17, 15) is 4.39 Å². The van der Waals surface area contributed by atoms with Gasteiger partial charge in [0.2, 0.25) is 0 Å². The van der Waals surface area contributed by atoms with E-state index in [0.717, 1.165) is 56.0 Å². The molecule has 0 amide bonds. The Morgan fingerprint density at radius 3 is 2.50 bits per heavy atom. The number of pyridine rings is 2. The number of hydrogen-bond donors (Lipinski definition) is 2. The van der Waals surface area contributed by atoms with Crippen molar-refractivity contribution in [2.75, 3.05) is 0 Å². The molecule has 0 aliphatic rings. The van der Waals surface area contributed by atoms with Crippen LogP contribution >= 0.6 is 0 Å². The van der Waals surface area contributed by atoms with Crippen LogP contribution in [0.4, 0.5) is 4.39 Å². The van der Waals surface area contributed by atoms with Crippen LogP contribution in [0.5, 0.6) is 0 Å². The van der Waals surface area contributed by atoms with Crippen LogP contribution < -0.4 is 0 Å². The van der Waals surface area contributed by atoms with Crippen LogP contribution in [-0.4, -0.2) is 34.7 Å². The molecule has 7 nitrogen and oxygen atoms in total. The number of rotatable bonds is 3. The first-order valence-corrected chi connectivity index (χ1v) is 10.2. The van der Waals surface area contributed by atoms with E-state index in [2.05, 4.69) is 36.2 Å². The maximum absolute atomic E-state index is 13.4. The van der Waals surface area contributed by atoms with Crippen molar-refractivity contribution >= 4 is 21.9 Å². The van der Waals surface area contributed by atoms with Crippen LogP contribution in [-0.2, 0) is 7.05 Å². The second-order valence-electron chi connectivity index (χ2n) is 7.75. The van der Waals surface area contributed by atoms with Gasteiger partial charge in [-0.1, -0.05) is 0 Å². The molecule has 0 spiro atoms. The van der Waals surface area contributed by atoms with Crippen molar-refractivity contribution in [1.29, 1.82) is 0 Å². The van der Waals surface area contributed by atoms with Gasteiger partial charge in [0.15, 0.2) is 5.65 Å². The molecule has 5 heterocycles. The van der Waals surface area contributed by atoms with Crippen LogP contribution in [0.1, 0.15) is 5.82 Å². The minimum atomic E-state index is -0.273. The van der Waals surface area contributed by atoms with E-state index in [1.54, 1.807) is 18.3 Å². The fraction of sp³-hybridized carbons (Fsp3) is 0.0833. The third kappa shape index (κ3) is 2.80. The summed E-state index contributed by atoms with van der Waals surface area (Å²) in [5.41, 5.74) is 6.85. The smallest absolute Gasteiger partial charge is 0.155 e. The second kappa shape index (κ2) is 6.84. The van der Waals surface area contributed by atoms with Gasteiger partial charge in [-0.2, -0.15) is 5.10 Å². The Morgan fingerprint density at radius 1 is 0.875 bits per heavy atom. The number of halogens is 1. The highest BCUT2D eigenvalue weighted by Crippen LogP contribution is 2.33. The molecular weight excluding hydrogens is 405 g/mol. The third-order valence-electron chi connectivity index (χ3n) is 5.85. The fourth-order valence-electron chi connectivity index (χ4n) is 4.04. The maximum Gasteiger partial charge on any atom is 0.155 e. The number of aromatic nitrogens is 7. The number of H-pyrrole nitrogens is 2. The summed E-state index contributed by atoms with van der Waals surface area (Å²) in [5.74, 6) is 0.662. The van der Waals surface area contributed by atoms with Gasteiger partial charge in [-0.15, -0.1) is 0 Å². The Hall–Kier alpha value is -4.33. The van der Waals surface area contributed by atoms with Gasteiger partial charge in [-0.3, -0.25) is 10.1 Å². The molecule has 0 unspecified atom stereocenters. The van der Waals surface area contributed by atoms with Crippen LogP contribution in [0, 0.1) is 12.7 Å². The third-order valence-corrected chi connectivity index (χ3v) is 5.85. The highest BCUT2D eigenvalue weighted by molar-refractivity contribution is 5.99. The number of hydrogen-bond acceptors (Lipinski definition) is 4. The summed E-state index contributed by atoms with van der Waals surface area (Å²) >= 11 is 0. The van der Waals surface area contributed by atoms with Gasteiger partial charge in [-0.25, -0.2) is 14.4 Å². The summed E-state index contributed by atoms with van der Waals surface area (Å²) in [7, 11) is 1.99. The standard InChI is InChI=1S/C24H18FN7/c1-13-27-12-21(32(13)2)15-9-18-23(30-31-24(18)28-11-15)20-10-17-19(29-20)7-8-26-22(17)14-3-5-16(25)6-4-14/h3-12,29H,1-2H3,(H,28,30,31). The van der Waals surface area contributed by atoms with Gasteiger partial charge in [0.05, 0.1) is 23.3 Å². The summed E-state index contributed by atoms with van der Waals surface area (Å²) in [4.78, 5) is 16.9. The second-order valence-corrected chi connectivity index (χ2v) is 7.75. The first-order chi connectivity index (χ1) is 15.6. The first-order valence-electron chi connectivity index (χ1n) is 10.2. The first kappa shape index (κ1) is 18.4. The van der Waals surface area contributed by atoms with Crippen LogP contribution in [0.25, 0.3) is 55.8 Å². The van der Waals surface area contributed by atoms with E-state index in [4.69, 9.17) is 0 Å². The molecule has 1 aromatic carbocycles. The molecule has 0 aliphatic heterocycles. The van der Waals surface area contributed by atoms with Gasteiger partial charge in [0, 0.05) is 46.9 Å². The Bertz CT molecular complexity index is 1610. The minimum absolute atomic E-state index is 0.273. The SMILES string of the molecule is Cc1ncc(-c2cnc3[nH]nc(-c4cc5c(-c6ccc(F)cc6)nccc5[nH]4)c3c2)n1C. The lowest BCUT2D eigenvalue weighted by atomic mass is 10.1. The molecule has 156 valence electrons. The summed E-state index contributed by atoms with van der Waals surface area (Å²) in [5, 5.41) is 9.40. The largest absolute Gasteiger partial charge is 0.353 e. The molecule has 0 saturated heterocycles. The number of fused-ring (bicyclic) bond motifs is 2. The lowest BCUT2D eigenvalue weighted by molar-refractivity contribution is 0.628. The van der Waals surface area contributed by atoms with E-state index >= 15 is 0 Å². The van der Waals surface area contributed by atoms with Gasteiger partial charge in [0.25, 0.3) is 0 Å². The summed E-state index contributed by atoms with van der Waals surface area (Å²) in [6.45, 7) is 1.97. The highest BCUT2D eigenvalue weighted by atomic mass is 19.1. The zero-order valence-electron chi connectivity index (χ0n) is 17.4. The van der Waals surface area contributed by atoms with E-state index in [1.165, 1.54) is 12.1 Å². The van der Waals surface area contributed by atoms with E-state index in [-0.39, 0.29) is 5.82 Å². The Kier molecular flexibility index (Phi) is 3.94. The molecule has 2 N–H and O–H groups in total. The van der Waals surface area contributed by atoms with E-state index < -0.39 is 0 Å². The Morgan fingerprint density at radius 2 is 1.72 bits per heavy atom. The normalized spacial score (nSPS) is 11.6. The molecule has 0 saturated carbocycles. The zero-order valence-corrected chi connectivity index (χ0v) is 17.4. The molecule has 0 bridgehead atoms. The molecule has 8 heteroatoms. The van der Waals surface area contributed by atoms with Gasteiger partial charge >= 0.3 is 0 Å². The summed E-state index contributed by atoms with van der Waals surface area (Å²) < 4.78 is 15.4. The van der Waals surface area contributed by atoms with Crippen molar-refractivity contribution < 1.29 is 4.39 Å². The predicted octanol–water partition coefficient (Wildman–Crippen LogP) is 5.02. The lowest BCUT2D eigenvalue weighted by Crippen LogP contribution is -1.94. The zero-order chi connectivity index (χ0) is 21.8. The van der Waals surface area contributed by atoms with Gasteiger partial charge in [-0.05, 0) is 49.4 Å². The molecular formula is C24H18FN7. The van der Waals surface area contributed by atoms with Crippen molar-refractivity contribution in [2.24, 2.45) is 7.05 Å². The van der Waals surface area contributed by atoms with E-state index in [0.29, 0.717) is 5.65 Å². The molecule has 5 aromatic heterocycles. The molecule has 32 heavy (non-hydrogen) atoms.